The smallest absolute Gasteiger partial charge is 0.229 e. The molecule has 21 heavy (non-hydrogen) atoms. The second-order valence-corrected chi connectivity index (χ2v) is 6.43. The molecule has 2 amide bonds. The molecule has 4 N–H and O–H groups in total. The van der Waals surface area contributed by atoms with Crippen LogP contribution in [0.3, 0.4) is 0 Å². The van der Waals surface area contributed by atoms with Gasteiger partial charge in [-0.15, -0.1) is 0 Å². The highest BCUT2D eigenvalue weighted by Crippen LogP contribution is 2.29. The summed E-state index contributed by atoms with van der Waals surface area (Å²) in [7, 11) is 0. The van der Waals surface area contributed by atoms with Crippen molar-refractivity contribution in [3.05, 3.63) is 0 Å². The zero-order chi connectivity index (χ0) is 15.4. The Labute approximate surface area is 134 Å². The van der Waals surface area contributed by atoms with Crippen LogP contribution >= 0.6 is 24.4 Å². The molecular formula is C13H20N4O2S2. The Morgan fingerprint density at radius 3 is 1.95 bits per heavy atom. The average molecular weight is 328 g/mol. The predicted octanol–water partition coefficient (Wildman–Crippen LogP) is 0.176. The molecule has 0 radical (unpaired) electrons. The molecule has 2 saturated carbocycles. The summed E-state index contributed by atoms with van der Waals surface area (Å²) in [4.78, 5) is 23.0. The molecule has 2 aliphatic carbocycles. The lowest BCUT2D eigenvalue weighted by atomic mass is 10.3. The van der Waals surface area contributed by atoms with E-state index in [1.165, 1.54) is 0 Å². The lowest BCUT2D eigenvalue weighted by Gasteiger charge is -2.18. The molecular weight excluding hydrogens is 308 g/mol. The van der Waals surface area contributed by atoms with Gasteiger partial charge in [-0.05, 0) is 57.0 Å². The van der Waals surface area contributed by atoms with E-state index in [0.29, 0.717) is 16.8 Å². The lowest BCUT2D eigenvalue weighted by Crippen LogP contribution is -2.49. The zero-order valence-corrected chi connectivity index (χ0v) is 13.5. The van der Waals surface area contributed by atoms with Gasteiger partial charge in [-0.3, -0.25) is 9.59 Å². The van der Waals surface area contributed by atoms with Gasteiger partial charge < -0.3 is 21.3 Å². The van der Waals surface area contributed by atoms with Crippen LogP contribution in [0.2, 0.25) is 0 Å². The van der Waals surface area contributed by atoms with Crippen LogP contribution < -0.4 is 21.3 Å². The Balaban J connectivity index is 1.58. The molecule has 0 saturated heterocycles. The molecule has 116 valence electrons. The minimum absolute atomic E-state index is 0.0136. The van der Waals surface area contributed by atoms with Crippen molar-refractivity contribution >= 4 is 46.5 Å². The highest BCUT2D eigenvalue weighted by Gasteiger charge is 2.30. The molecule has 2 aliphatic rings. The summed E-state index contributed by atoms with van der Waals surface area (Å²) in [6, 6.07) is -0.0206. The van der Waals surface area contributed by atoms with E-state index in [1.807, 2.05) is 6.92 Å². The first kappa shape index (κ1) is 16.1. The van der Waals surface area contributed by atoms with Gasteiger partial charge >= 0.3 is 0 Å². The molecule has 0 unspecified atom stereocenters. The van der Waals surface area contributed by atoms with Crippen molar-refractivity contribution in [2.24, 2.45) is 11.8 Å². The van der Waals surface area contributed by atoms with Crippen LogP contribution in [0.25, 0.3) is 0 Å². The van der Waals surface area contributed by atoms with Gasteiger partial charge in [0.2, 0.25) is 11.8 Å². The van der Waals surface area contributed by atoms with Gasteiger partial charge in [0.05, 0.1) is 0 Å². The maximum atomic E-state index is 11.5. The molecule has 1 atom stereocenters. The highest BCUT2D eigenvalue weighted by molar-refractivity contribution is 7.80. The molecule has 2 fully saturated rings. The van der Waals surface area contributed by atoms with Gasteiger partial charge in [-0.1, -0.05) is 0 Å². The minimum atomic E-state index is -0.0206. The first-order chi connectivity index (χ1) is 9.95. The Kier molecular flexibility index (Phi) is 5.46. The minimum Gasteiger partial charge on any atom is -0.360 e. The Bertz CT molecular complexity index is 461. The number of amides is 2. The highest BCUT2D eigenvalue weighted by atomic mass is 32.1. The molecule has 2 rings (SSSR count). The molecule has 6 nitrogen and oxygen atoms in total. The van der Waals surface area contributed by atoms with E-state index in [1.54, 1.807) is 0 Å². The topological polar surface area (TPSA) is 82.3 Å². The molecule has 0 spiro atoms. The van der Waals surface area contributed by atoms with Gasteiger partial charge in [0.25, 0.3) is 0 Å². The third-order valence-electron chi connectivity index (χ3n) is 3.32. The van der Waals surface area contributed by atoms with E-state index in [2.05, 4.69) is 21.3 Å². The van der Waals surface area contributed by atoms with Crippen LogP contribution in [0, 0.1) is 11.8 Å². The van der Waals surface area contributed by atoms with Crippen molar-refractivity contribution in [1.82, 2.24) is 21.3 Å². The maximum absolute atomic E-state index is 11.5. The number of hydrogen-bond acceptors (Lipinski definition) is 4. The predicted molar refractivity (Wildman–Crippen MR) is 87.5 cm³/mol. The monoisotopic (exact) mass is 328 g/mol. The van der Waals surface area contributed by atoms with Crippen molar-refractivity contribution in [3.63, 3.8) is 0 Å². The van der Waals surface area contributed by atoms with Crippen LogP contribution in [0.4, 0.5) is 0 Å². The zero-order valence-electron chi connectivity index (χ0n) is 11.9. The fraction of sp³-hybridized carbons (Fsp3) is 0.692. The molecule has 0 aromatic carbocycles. The lowest BCUT2D eigenvalue weighted by molar-refractivity contribution is -0.121. The number of rotatable bonds is 5. The van der Waals surface area contributed by atoms with Crippen LogP contribution in [0.1, 0.15) is 32.6 Å². The SMILES string of the molecule is C[C@@H](CNC(=S)NC(=O)C1CC1)NC(=S)NC(=O)C1CC1. The van der Waals surface area contributed by atoms with Crippen molar-refractivity contribution < 1.29 is 9.59 Å². The number of thiocarbonyl (C=S) groups is 2. The van der Waals surface area contributed by atoms with Crippen LogP contribution in [0.15, 0.2) is 0 Å². The summed E-state index contributed by atoms with van der Waals surface area (Å²) >= 11 is 10.1. The van der Waals surface area contributed by atoms with Gasteiger partial charge in [0.1, 0.15) is 0 Å². The van der Waals surface area contributed by atoms with E-state index < -0.39 is 0 Å². The molecule has 0 aromatic rings. The van der Waals surface area contributed by atoms with Gasteiger partial charge in [-0.25, -0.2) is 0 Å². The van der Waals surface area contributed by atoms with Crippen molar-refractivity contribution in [2.45, 2.75) is 38.6 Å². The van der Waals surface area contributed by atoms with E-state index in [0.717, 1.165) is 25.7 Å². The summed E-state index contributed by atoms with van der Waals surface area (Å²) in [5.41, 5.74) is 0. The quantitative estimate of drug-likeness (QED) is 0.539. The summed E-state index contributed by atoms with van der Waals surface area (Å²) in [5.74, 6) is 0.231. The maximum Gasteiger partial charge on any atom is 0.229 e. The van der Waals surface area contributed by atoms with Gasteiger partial charge in [0, 0.05) is 24.4 Å². The second kappa shape index (κ2) is 7.13. The first-order valence-corrected chi connectivity index (χ1v) is 7.97. The van der Waals surface area contributed by atoms with E-state index in [-0.39, 0.29) is 29.7 Å². The fourth-order valence-electron chi connectivity index (χ4n) is 1.72. The normalized spacial score (nSPS) is 18.3. The Hall–Kier alpha value is -1.28. The summed E-state index contributed by atoms with van der Waals surface area (Å²) in [6.45, 7) is 2.41. The van der Waals surface area contributed by atoms with Crippen LogP contribution in [-0.2, 0) is 9.59 Å². The second-order valence-electron chi connectivity index (χ2n) is 5.61. The average Bonchev–Trinajstić information content (AvgIpc) is 3.29. The van der Waals surface area contributed by atoms with E-state index in [4.69, 9.17) is 24.4 Å². The summed E-state index contributed by atoms with van der Waals surface area (Å²) in [5, 5.41) is 11.9. The molecule has 8 heteroatoms. The Morgan fingerprint density at radius 1 is 1.00 bits per heavy atom. The number of nitrogens with one attached hydrogen (secondary N) is 4. The standard InChI is InChI=1S/C13H20N4O2S2/c1-7(15-13(21)17-11(19)9-4-5-9)6-14-12(20)16-10(18)8-2-3-8/h7-9H,2-6H2,1H3,(H2,14,16,18,20)(H2,15,17,19,21)/t7-/m0/s1. The third-order valence-corrected chi connectivity index (χ3v) is 3.78. The van der Waals surface area contributed by atoms with Crippen molar-refractivity contribution in [3.8, 4) is 0 Å². The first-order valence-electron chi connectivity index (χ1n) is 7.15. The largest absolute Gasteiger partial charge is 0.360 e. The van der Waals surface area contributed by atoms with Crippen molar-refractivity contribution in [1.29, 1.82) is 0 Å². The van der Waals surface area contributed by atoms with E-state index in [9.17, 15) is 9.59 Å². The molecule has 0 aliphatic heterocycles. The third kappa shape index (κ3) is 5.92. The van der Waals surface area contributed by atoms with Crippen molar-refractivity contribution in [2.75, 3.05) is 6.54 Å². The fourth-order valence-corrected chi connectivity index (χ4v) is 2.21. The van der Waals surface area contributed by atoms with Crippen LogP contribution in [-0.4, -0.2) is 34.6 Å². The molecule has 0 bridgehead atoms. The van der Waals surface area contributed by atoms with E-state index >= 15 is 0 Å². The van der Waals surface area contributed by atoms with Gasteiger partial charge in [-0.2, -0.15) is 0 Å². The Morgan fingerprint density at radius 2 is 1.48 bits per heavy atom. The molecule has 0 aromatic heterocycles. The number of hydrogen-bond donors (Lipinski definition) is 4. The number of carbonyl (C=O) groups excluding carboxylic acids is 2. The number of carbonyl (C=O) groups is 2. The summed E-state index contributed by atoms with van der Waals surface area (Å²) < 4.78 is 0. The van der Waals surface area contributed by atoms with Crippen LogP contribution in [0.5, 0.6) is 0 Å². The summed E-state index contributed by atoms with van der Waals surface area (Å²) in [6.07, 6.45) is 3.78. The molecule has 0 heterocycles. The van der Waals surface area contributed by atoms with Gasteiger partial charge in [0.15, 0.2) is 10.2 Å².